The lowest BCUT2D eigenvalue weighted by Crippen LogP contribution is -2.33. The van der Waals surface area contributed by atoms with Crippen molar-refractivity contribution in [1.29, 1.82) is 0 Å². The highest BCUT2D eigenvalue weighted by Crippen LogP contribution is 2.28. The van der Waals surface area contributed by atoms with Crippen LogP contribution in [0.25, 0.3) is 0 Å². The summed E-state index contributed by atoms with van der Waals surface area (Å²) in [7, 11) is -3.72. The van der Waals surface area contributed by atoms with Gasteiger partial charge in [0.15, 0.2) is 0 Å². The maximum Gasteiger partial charge on any atom is 0.306 e. The molecule has 7 heteroatoms. The molecule has 0 aromatic heterocycles. The third kappa shape index (κ3) is 3.31. The van der Waals surface area contributed by atoms with Gasteiger partial charge in [-0.25, -0.2) is 13.1 Å². The van der Waals surface area contributed by atoms with Gasteiger partial charge in [0.05, 0.1) is 10.9 Å². The summed E-state index contributed by atoms with van der Waals surface area (Å²) in [6.45, 7) is 1.82. The minimum Gasteiger partial charge on any atom is -0.481 e. The molecule has 2 rings (SSSR count). The molecule has 0 aliphatic heterocycles. The van der Waals surface area contributed by atoms with Gasteiger partial charge in [-0.3, -0.25) is 4.79 Å². The van der Waals surface area contributed by atoms with E-state index in [1.807, 2.05) is 6.92 Å². The number of carboxylic acids is 1. The first-order chi connectivity index (χ1) is 9.29. The highest BCUT2D eigenvalue weighted by Gasteiger charge is 2.32. The molecule has 5 nitrogen and oxygen atoms in total. The van der Waals surface area contributed by atoms with E-state index in [4.69, 9.17) is 16.7 Å². The summed E-state index contributed by atoms with van der Waals surface area (Å²) >= 11 is 5.97. The largest absolute Gasteiger partial charge is 0.481 e. The number of halogens is 1. The molecule has 0 unspecified atom stereocenters. The van der Waals surface area contributed by atoms with Gasteiger partial charge in [0.1, 0.15) is 4.90 Å². The fourth-order valence-corrected chi connectivity index (χ4v) is 4.30. The van der Waals surface area contributed by atoms with Crippen LogP contribution in [0.15, 0.2) is 23.1 Å². The van der Waals surface area contributed by atoms with Crippen LogP contribution in [0.5, 0.6) is 0 Å². The third-order valence-corrected chi connectivity index (χ3v) is 5.48. The molecule has 1 aliphatic rings. The number of carboxylic acid groups (broad SMARTS) is 1. The summed E-state index contributed by atoms with van der Waals surface area (Å²) in [5, 5.41) is 9.09. The summed E-state index contributed by atoms with van der Waals surface area (Å²) in [4.78, 5) is 10.9. The summed E-state index contributed by atoms with van der Waals surface area (Å²) in [6, 6.07) is 4.38. The predicted octanol–water partition coefficient (Wildman–Crippen LogP) is 2.18. The first kappa shape index (κ1) is 15.3. The number of aliphatic carboxylic acids is 1. The van der Waals surface area contributed by atoms with Gasteiger partial charge in [-0.05, 0) is 43.9 Å². The Kier molecular flexibility index (Phi) is 4.36. The molecule has 0 saturated heterocycles. The molecule has 110 valence electrons. The maximum absolute atomic E-state index is 12.3. The molecule has 0 bridgehead atoms. The average molecular weight is 318 g/mol. The van der Waals surface area contributed by atoms with Crippen LogP contribution in [-0.4, -0.2) is 25.5 Å². The number of hydrogen-bond donors (Lipinski definition) is 2. The minimum atomic E-state index is -3.72. The molecule has 2 N–H and O–H groups in total. The van der Waals surface area contributed by atoms with E-state index in [2.05, 4.69) is 4.72 Å². The summed E-state index contributed by atoms with van der Waals surface area (Å²) in [5.74, 6) is -1.35. The lowest BCUT2D eigenvalue weighted by Gasteiger charge is -2.14. The second kappa shape index (κ2) is 5.71. The van der Waals surface area contributed by atoms with Crippen molar-refractivity contribution in [2.45, 2.75) is 37.1 Å². The van der Waals surface area contributed by atoms with Crippen molar-refractivity contribution in [3.05, 3.63) is 28.8 Å². The highest BCUT2D eigenvalue weighted by atomic mass is 35.5. The lowest BCUT2D eigenvalue weighted by molar-refractivity contribution is -0.141. The van der Waals surface area contributed by atoms with Gasteiger partial charge in [-0.1, -0.05) is 17.7 Å². The van der Waals surface area contributed by atoms with Gasteiger partial charge in [0.25, 0.3) is 0 Å². The van der Waals surface area contributed by atoms with Crippen molar-refractivity contribution in [2.24, 2.45) is 5.92 Å². The smallest absolute Gasteiger partial charge is 0.306 e. The van der Waals surface area contributed by atoms with E-state index in [-0.39, 0.29) is 16.0 Å². The Morgan fingerprint density at radius 1 is 1.40 bits per heavy atom. The minimum absolute atomic E-state index is 0.0311. The van der Waals surface area contributed by atoms with Crippen LogP contribution in [0.2, 0.25) is 5.02 Å². The molecule has 0 radical (unpaired) electrons. The Morgan fingerprint density at radius 3 is 2.65 bits per heavy atom. The quantitative estimate of drug-likeness (QED) is 0.891. The van der Waals surface area contributed by atoms with Crippen LogP contribution >= 0.6 is 11.6 Å². The first-order valence-electron chi connectivity index (χ1n) is 6.31. The number of carbonyl (C=O) groups is 1. The summed E-state index contributed by atoms with van der Waals surface area (Å²) in [6.07, 6.45) is 1.34. The van der Waals surface area contributed by atoms with E-state index in [1.54, 1.807) is 12.1 Å². The van der Waals surface area contributed by atoms with Crippen molar-refractivity contribution in [3.8, 4) is 0 Å². The molecule has 2 atom stereocenters. The zero-order valence-corrected chi connectivity index (χ0v) is 12.5. The standard InChI is InChI=1S/C13H16ClNO4S/c1-8-2-5-12(11(14)6-8)20(18,19)15-10-4-3-9(7-10)13(16)17/h2,5-6,9-10,15H,3-4,7H2,1H3,(H,16,17)/t9-,10+/m1/s1. The molecule has 1 fully saturated rings. The number of rotatable bonds is 4. The molecular weight excluding hydrogens is 302 g/mol. The molecule has 20 heavy (non-hydrogen) atoms. The Labute approximate surface area is 123 Å². The maximum atomic E-state index is 12.3. The van der Waals surface area contributed by atoms with E-state index in [1.165, 1.54) is 6.07 Å². The third-order valence-electron chi connectivity index (χ3n) is 3.48. The molecule has 1 aromatic carbocycles. The van der Waals surface area contributed by atoms with Crippen LogP contribution in [0.3, 0.4) is 0 Å². The topological polar surface area (TPSA) is 83.5 Å². The second-order valence-electron chi connectivity index (χ2n) is 5.10. The van der Waals surface area contributed by atoms with Crippen LogP contribution in [0.1, 0.15) is 24.8 Å². The van der Waals surface area contributed by atoms with Gasteiger partial charge < -0.3 is 5.11 Å². The number of hydrogen-bond acceptors (Lipinski definition) is 3. The molecule has 1 aliphatic carbocycles. The SMILES string of the molecule is Cc1ccc(S(=O)(=O)N[C@H]2CC[C@@H](C(=O)O)C2)c(Cl)c1. The molecule has 1 saturated carbocycles. The van der Waals surface area contributed by atoms with Gasteiger partial charge in [0.2, 0.25) is 10.0 Å². The normalized spacial score (nSPS) is 22.9. The van der Waals surface area contributed by atoms with E-state index >= 15 is 0 Å². The zero-order valence-electron chi connectivity index (χ0n) is 11.0. The van der Waals surface area contributed by atoms with Crippen molar-refractivity contribution in [2.75, 3.05) is 0 Å². The lowest BCUT2D eigenvalue weighted by atomic mass is 10.1. The molecular formula is C13H16ClNO4S. The Morgan fingerprint density at radius 2 is 2.10 bits per heavy atom. The van der Waals surface area contributed by atoms with Crippen molar-refractivity contribution < 1.29 is 18.3 Å². The fraction of sp³-hybridized carbons (Fsp3) is 0.462. The Bertz CT molecular complexity index is 629. The first-order valence-corrected chi connectivity index (χ1v) is 8.17. The van der Waals surface area contributed by atoms with Gasteiger partial charge in [-0.15, -0.1) is 0 Å². The van der Waals surface area contributed by atoms with E-state index in [0.717, 1.165) is 5.56 Å². The van der Waals surface area contributed by atoms with E-state index in [9.17, 15) is 13.2 Å². The predicted molar refractivity (Wildman–Crippen MR) is 75.3 cm³/mol. The summed E-state index contributed by atoms with van der Waals surface area (Å²) < 4.78 is 27.0. The van der Waals surface area contributed by atoms with E-state index < -0.39 is 21.9 Å². The highest BCUT2D eigenvalue weighted by molar-refractivity contribution is 7.89. The monoisotopic (exact) mass is 317 g/mol. The average Bonchev–Trinajstić information content (AvgIpc) is 2.76. The van der Waals surface area contributed by atoms with Gasteiger partial charge >= 0.3 is 5.97 Å². The van der Waals surface area contributed by atoms with Crippen LogP contribution < -0.4 is 4.72 Å². The number of benzene rings is 1. The van der Waals surface area contributed by atoms with Crippen LogP contribution in [0, 0.1) is 12.8 Å². The summed E-state index contributed by atoms with van der Waals surface area (Å²) in [5.41, 5.74) is 0.876. The fourth-order valence-electron chi connectivity index (χ4n) is 2.42. The second-order valence-corrected chi connectivity index (χ2v) is 7.19. The zero-order chi connectivity index (χ0) is 14.9. The van der Waals surface area contributed by atoms with Crippen LogP contribution in [0.4, 0.5) is 0 Å². The molecule has 0 spiro atoms. The molecule has 0 heterocycles. The van der Waals surface area contributed by atoms with Gasteiger partial charge in [-0.2, -0.15) is 0 Å². The van der Waals surface area contributed by atoms with Crippen molar-refractivity contribution >= 4 is 27.6 Å². The van der Waals surface area contributed by atoms with Crippen molar-refractivity contribution in [3.63, 3.8) is 0 Å². The number of aryl methyl sites for hydroxylation is 1. The Hall–Kier alpha value is -1.11. The molecule has 1 aromatic rings. The Balaban J connectivity index is 2.14. The van der Waals surface area contributed by atoms with E-state index in [0.29, 0.717) is 19.3 Å². The van der Waals surface area contributed by atoms with Crippen molar-refractivity contribution in [1.82, 2.24) is 4.72 Å². The number of sulfonamides is 1. The van der Waals surface area contributed by atoms with Crippen LogP contribution in [-0.2, 0) is 14.8 Å². The molecule has 0 amide bonds. The van der Waals surface area contributed by atoms with Gasteiger partial charge in [0, 0.05) is 6.04 Å². The number of nitrogens with one attached hydrogen (secondary N) is 1.